The van der Waals surface area contributed by atoms with Gasteiger partial charge in [0.1, 0.15) is 17.9 Å². The average Bonchev–Trinajstić information content (AvgIpc) is 3.18. The molecule has 41 heavy (non-hydrogen) atoms. The van der Waals surface area contributed by atoms with Gasteiger partial charge in [-0.25, -0.2) is 4.79 Å². The zero-order chi connectivity index (χ0) is 29.9. The predicted octanol–water partition coefficient (Wildman–Crippen LogP) is 4.04. The van der Waals surface area contributed by atoms with Crippen LogP contribution in [0.2, 0.25) is 0 Å². The molecule has 0 saturated heterocycles. The van der Waals surface area contributed by atoms with Gasteiger partial charge in [-0.1, -0.05) is 11.6 Å². The van der Waals surface area contributed by atoms with E-state index in [1.807, 2.05) is 0 Å². The third-order valence-corrected chi connectivity index (χ3v) is 6.68. The molecule has 0 saturated carbocycles. The minimum Gasteiger partial charge on any atom is -0.497 e. The Labute approximate surface area is 236 Å². The number of anilines is 1. The van der Waals surface area contributed by atoms with Crippen LogP contribution in [-0.2, 0) is 14.3 Å². The van der Waals surface area contributed by atoms with E-state index < -0.39 is 41.2 Å². The van der Waals surface area contributed by atoms with Crippen molar-refractivity contribution in [3.8, 4) is 11.5 Å². The van der Waals surface area contributed by atoms with Crippen LogP contribution in [-0.4, -0.2) is 60.3 Å². The van der Waals surface area contributed by atoms with Gasteiger partial charge in [0.15, 0.2) is 5.78 Å². The van der Waals surface area contributed by atoms with E-state index >= 15 is 0 Å². The van der Waals surface area contributed by atoms with Crippen molar-refractivity contribution in [1.82, 2.24) is 0 Å². The first-order valence-electron chi connectivity index (χ1n) is 12.7. The maximum atomic E-state index is 14.2. The minimum absolute atomic E-state index is 0.0234. The van der Waals surface area contributed by atoms with E-state index in [4.69, 9.17) is 14.2 Å². The van der Waals surface area contributed by atoms with Gasteiger partial charge in [-0.2, -0.15) is 0 Å². The molecule has 10 heteroatoms. The number of aromatic carboxylic acids is 1. The molecule has 0 aromatic heterocycles. The lowest BCUT2D eigenvalue weighted by molar-refractivity contribution is -0.152. The number of ketones is 2. The lowest BCUT2D eigenvalue weighted by Gasteiger charge is -2.36. The van der Waals surface area contributed by atoms with Gasteiger partial charge in [-0.15, -0.1) is 0 Å². The Hall–Kier alpha value is -4.96. The number of aryl methyl sites for hydroxylation is 1. The van der Waals surface area contributed by atoms with Crippen LogP contribution < -0.4 is 14.4 Å². The summed E-state index contributed by atoms with van der Waals surface area (Å²) in [5, 5.41) is 22.2. The minimum atomic E-state index is -2.68. The third kappa shape index (κ3) is 5.42. The Morgan fingerprint density at radius 1 is 0.902 bits per heavy atom. The van der Waals surface area contributed by atoms with Crippen molar-refractivity contribution in [3.63, 3.8) is 0 Å². The number of rotatable bonds is 10. The van der Waals surface area contributed by atoms with Gasteiger partial charge in [0.25, 0.3) is 0 Å². The molecule has 0 radical (unpaired) electrons. The summed E-state index contributed by atoms with van der Waals surface area (Å²) in [6.07, 6.45) is -0.869. The number of aliphatic hydroxyl groups is 1. The number of carboxylic acid groups (broad SMARTS) is 1. The number of hydrogen-bond donors (Lipinski definition) is 2. The topological polar surface area (TPSA) is 140 Å². The molecule has 1 aliphatic heterocycles. The highest BCUT2D eigenvalue weighted by Gasteiger charge is 2.56. The zero-order valence-corrected chi connectivity index (χ0v) is 23.0. The number of ether oxygens (including phenoxy) is 3. The van der Waals surface area contributed by atoms with Crippen LogP contribution in [0.15, 0.2) is 72.3 Å². The summed E-state index contributed by atoms with van der Waals surface area (Å²) in [4.78, 5) is 54.3. The molecule has 1 atom stereocenters. The summed E-state index contributed by atoms with van der Waals surface area (Å²) < 4.78 is 15.5. The van der Waals surface area contributed by atoms with Crippen LogP contribution in [0, 0.1) is 6.92 Å². The van der Waals surface area contributed by atoms with E-state index in [0.29, 0.717) is 22.6 Å². The molecule has 0 fully saturated rings. The summed E-state index contributed by atoms with van der Waals surface area (Å²) in [5.74, 6) is -3.10. The molecule has 3 aromatic rings. The van der Waals surface area contributed by atoms with E-state index in [-0.39, 0.29) is 29.1 Å². The van der Waals surface area contributed by atoms with Gasteiger partial charge in [0.2, 0.25) is 11.5 Å². The first-order chi connectivity index (χ1) is 19.5. The van der Waals surface area contributed by atoms with Crippen LogP contribution in [0.5, 0.6) is 11.5 Å². The number of benzene rings is 3. The molecule has 0 amide bonds. The molecule has 0 spiro atoms. The number of methoxy groups -OCH3 is 2. The standard InChI is InChI=1S/C31H29NO9/c1-5-41-25(33)17-31(38)29(35)26(28(34)20-9-13-22(40-4)14-10-20)27(19-7-11-21(39-3)12-8-19)32(31)24-15-6-18(2)16-23(24)30(36)37/h6-16,38H,5,17H2,1-4H3,(H,36,37). The first-order valence-corrected chi connectivity index (χ1v) is 12.7. The fourth-order valence-electron chi connectivity index (χ4n) is 4.73. The fourth-order valence-corrected chi connectivity index (χ4v) is 4.73. The quantitative estimate of drug-likeness (QED) is 0.213. The third-order valence-electron chi connectivity index (χ3n) is 6.68. The molecule has 1 heterocycles. The molecule has 1 unspecified atom stereocenters. The van der Waals surface area contributed by atoms with Crippen molar-refractivity contribution in [2.24, 2.45) is 0 Å². The van der Waals surface area contributed by atoms with Crippen LogP contribution in [0.25, 0.3) is 5.70 Å². The van der Waals surface area contributed by atoms with E-state index in [0.717, 1.165) is 4.90 Å². The van der Waals surface area contributed by atoms with E-state index in [1.54, 1.807) is 56.3 Å². The molecule has 0 aliphatic carbocycles. The van der Waals surface area contributed by atoms with Gasteiger partial charge in [-0.3, -0.25) is 14.4 Å². The number of esters is 1. The molecule has 10 nitrogen and oxygen atoms in total. The van der Waals surface area contributed by atoms with Gasteiger partial charge >= 0.3 is 11.9 Å². The Bertz CT molecular complexity index is 1540. The highest BCUT2D eigenvalue weighted by molar-refractivity contribution is 6.37. The lowest BCUT2D eigenvalue weighted by atomic mass is 9.93. The number of carbonyl (C=O) groups excluding carboxylic acids is 3. The van der Waals surface area contributed by atoms with Crippen molar-refractivity contribution in [2.75, 3.05) is 25.7 Å². The molecule has 4 rings (SSSR count). The molecule has 2 N–H and O–H groups in total. The Kier molecular flexibility index (Phi) is 8.25. The number of Topliss-reactive ketones (excluding diaryl/α,β-unsaturated/α-hetero) is 2. The van der Waals surface area contributed by atoms with Gasteiger partial charge in [0, 0.05) is 5.56 Å². The van der Waals surface area contributed by atoms with Crippen LogP contribution >= 0.6 is 0 Å². The number of nitrogens with zero attached hydrogens (tertiary/aromatic N) is 1. The van der Waals surface area contributed by atoms with E-state index in [9.17, 15) is 29.4 Å². The van der Waals surface area contributed by atoms with Gasteiger partial charge in [0.05, 0.1) is 43.3 Å². The van der Waals surface area contributed by atoms with Gasteiger partial charge < -0.3 is 29.3 Å². The monoisotopic (exact) mass is 559 g/mol. The van der Waals surface area contributed by atoms with Crippen molar-refractivity contribution in [3.05, 3.63) is 94.6 Å². The number of carbonyl (C=O) groups is 4. The summed E-state index contributed by atoms with van der Waals surface area (Å²) in [6, 6.07) is 16.8. The zero-order valence-electron chi connectivity index (χ0n) is 23.0. The van der Waals surface area contributed by atoms with Crippen molar-refractivity contribution in [1.29, 1.82) is 0 Å². The van der Waals surface area contributed by atoms with Crippen LogP contribution in [0.3, 0.4) is 0 Å². The molecule has 0 bridgehead atoms. The van der Waals surface area contributed by atoms with Crippen molar-refractivity contribution in [2.45, 2.75) is 26.0 Å². The highest BCUT2D eigenvalue weighted by Crippen LogP contribution is 2.46. The Morgan fingerprint density at radius 3 is 2.02 bits per heavy atom. The molecular weight excluding hydrogens is 530 g/mol. The summed E-state index contributed by atoms with van der Waals surface area (Å²) in [7, 11) is 2.94. The molecule has 3 aromatic carbocycles. The maximum Gasteiger partial charge on any atom is 0.337 e. The normalized spacial score (nSPS) is 16.5. The molecule has 1 aliphatic rings. The Morgan fingerprint density at radius 2 is 1.49 bits per heavy atom. The van der Waals surface area contributed by atoms with Crippen LogP contribution in [0.4, 0.5) is 5.69 Å². The smallest absolute Gasteiger partial charge is 0.337 e. The Balaban J connectivity index is 2.06. The first kappa shape index (κ1) is 29.0. The molecule has 212 valence electrons. The van der Waals surface area contributed by atoms with Gasteiger partial charge in [-0.05, 0) is 80.1 Å². The predicted molar refractivity (Wildman–Crippen MR) is 149 cm³/mol. The second-order valence-corrected chi connectivity index (χ2v) is 9.30. The second-order valence-electron chi connectivity index (χ2n) is 9.30. The fraction of sp³-hybridized carbons (Fsp3) is 0.226. The average molecular weight is 560 g/mol. The summed E-state index contributed by atoms with van der Waals surface area (Å²) >= 11 is 0. The highest BCUT2D eigenvalue weighted by atomic mass is 16.5. The number of hydrogen-bond acceptors (Lipinski definition) is 9. The maximum absolute atomic E-state index is 14.2. The van der Waals surface area contributed by atoms with Crippen molar-refractivity contribution >= 4 is 34.9 Å². The largest absolute Gasteiger partial charge is 0.497 e. The van der Waals surface area contributed by atoms with E-state index in [1.165, 1.54) is 38.5 Å². The summed E-state index contributed by atoms with van der Waals surface area (Å²) in [5.41, 5.74) is -2.50. The summed E-state index contributed by atoms with van der Waals surface area (Å²) in [6.45, 7) is 3.23. The van der Waals surface area contributed by atoms with E-state index in [2.05, 4.69) is 0 Å². The second kappa shape index (κ2) is 11.6. The SMILES string of the molecule is CCOC(=O)CC1(O)C(=O)C(C(=O)c2ccc(OC)cc2)=C(c2ccc(OC)cc2)N1c1ccc(C)cc1C(=O)O. The van der Waals surface area contributed by atoms with Crippen LogP contribution in [0.1, 0.15) is 45.2 Å². The number of carboxylic acids is 1. The molecular formula is C31H29NO9. The van der Waals surface area contributed by atoms with Crippen molar-refractivity contribution < 1.29 is 43.6 Å². The lowest BCUT2D eigenvalue weighted by Crippen LogP contribution is -2.52.